The van der Waals surface area contributed by atoms with Crippen molar-refractivity contribution in [3.05, 3.63) is 65.2 Å². The summed E-state index contributed by atoms with van der Waals surface area (Å²) in [6.45, 7) is 3.22. The number of rotatable bonds is 6. The maximum absolute atomic E-state index is 12.7. The van der Waals surface area contributed by atoms with Gasteiger partial charge in [-0.05, 0) is 36.8 Å². The fourth-order valence-electron chi connectivity index (χ4n) is 3.16. The van der Waals surface area contributed by atoms with Crippen molar-refractivity contribution in [1.82, 2.24) is 14.6 Å². The molecule has 0 unspecified atom stereocenters. The van der Waals surface area contributed by atoms with E-state index in [4.69, 9.17) is 0 Å². The Balaban J connectivity index is 1.46. The molecule has 0 aliphatic carbocycles. The van der Waals surface area contributed by atoms with Gasteiger partial charge < -0.3 is 0 Å². The van der Waals surface area contributed by atoms with E-state index in [0.717, 1.165) is 17.7 Å². The lowest BCUT2D eigenvalue weighted by Crippen LogP contribution is -2.50. The Labute approximate surface area is 184 Å². The highest BCUT2D eigenvalue weighted by molar-refractivity contribution is 7.89. The van der Waals surface area contributed by atoms with E-state index in [9.17, 15) is 26.4 Å². The standard InChI is InChI=1S/C21H23F3N4O3S/c1-16-2-8-19(9-3-16)32(30,31)28-12-10-27(11-13-28)15-20(29)26-25-14-17-4-6-18(7-5-17)21(22,23)24/h2-9,14H,10-13,15H2,1H3,(H,26,29). The Bertz CT molecular complexity index is 1060. The molecule has 7 nitrogen and oxygen atoms in total. The van der Waals surface area contributed by atoms with Gasteiger partial charge in [0.15, 0.2) is 0 Å². The van der Waals surface area contributed by atoms with Crippen LogP contribution in [0.3, 0.4) is 0 Å². The smallest absolute Gasteiger partial charge is 0.292 e. The summed E-state index contributed by atoms with van der Waals surface area (Å²) >= 11 is 0. The second kappa shape index (κ2) is 9.80. The first-order valence-electron chi connectivity index (χ1n) is 9.84. The Morgan fingerprint density at radius 1 is 1.03 bits per heavy atom. The van der Waals surface area contributed by atoms with Crippen LogP contribution in [0.5, 0.6) is 0 Å². The molecular formula is C21H23F3N4O3S. The predicted molar refractivity (Wildman–Crippen MR) is 114 cm³/mol. The largest absolute Gasteiger partial charge is 0.416 e. The highest BCUT2D eigenvalue weighted by atomic mass is 32.2. The van der Waals surface area contributed by atoms with Gasteiger partial charge >= 0.3 is 6.18 Å². The van der Waals surface area contributed by atoms with E-state index in [1.807, 2.05) is 11.8 Å². The summed E-state index contributed by atoms with van der Waals surface area (Å²) in [4.78, 5) is 14.1. The topological polar surface area (TPSA) is 82.1 Å². The number of alkyl halides is 3. The first kappa shape index (κ1) is 23.9. The minimum absolute atomic E-state index is 0.0305. The van der Waals surface area contributed by atoms with Crippen molar-refractivity contribution in [1.29, 1.82) is 0 Å². The summed E-state index contributed by atoms with van der Waals surface area (Å²) in [5.41, 5.74) is 2.95. The zero-order valence-corrected chi connectivity index (χ0v) is 18.2. The molecule has 32 heavy (non-hydrogen) atoms. The van der Waals surface area contributed by atoms with Gasteiger partial charge in [-0.1, -0.05) is 29.8 Å². The molecule has 1 N–H and O–H groups in total. The molecule has 11 heteroatoms. The van der Waals surface area contributed by atoms with Crippen LogP contribution < -0.4 is 5.43 Å². The van der Waals surface area contributed by atoms with E-state index in [2.05, 4.69) is 10.5 Å². The predicted octanol–water partition coefficient (Wildman–Crippen LogP) is 2.47. The molecule has 0 radical (unpaired) electrons. The lowest BCUT2D eigenvalue weighted by molar-refractivity contribution is -0.137. The molecule has 1 aliphatic heterocycles. The van der Waals surface area contributed by atoms with Gasteiger partial charge in [-0.15, -0.1) is 0 Å². The maximum atomic E-state index is 12.7. The molecule has 1 heterocycles. The molecule has 3 rings (SSSR count). The molecule has 0 spiro atoms. The fourth-order valence-corrected chi connectivity index (χ4v) is 4.58. The average molecular weight is 469 g/mol. The number of halogens is 3. The zero-order chi connectivity index (χ0) is 23.4. The van der Waals surface area contributed by atoms with Crippen LogP contribution in [-0.4, -0.2) is 62.5 Å². The van der Waals surface area contributed by atoms with Crippen molar-refractivity contribution in [2.24, 2.45) is 5.10 Å². The summed E-state index contributed by atoms with van der Waals surface area (Å²) in [6.07, 6.45) is -3.16. The molecule has 2 aromatic carbocycles. The number of hydrogen-bond acceptors (Lipinski definition) is 5. The molecule has 1 fully saturated rings. The number of amides is 1. The summed E-state index contributed by atoms with van der Waals surface area (Å²) in [6, 6.07) is 11.1. The summed E-state index contributed by atoms with van der Waals surface area (Å²) in [5, 5.41) is 3.76. The minimum atomic E-state index is -4.41. The Morgan fingerprint density at radius 3 is 2.19 bits per heavy atom. The molecule has 0 aromatic heterocycles. The quantitative estimate of drug-likeness (QED) is 0.522. The lowest BCUT2D eigenvalue weighted by atomic mass is 10.1. The third-order valence-electron chi connectivity index (χ3n) is 5.00. The molecule has 0 saturated carbocycles. The van der Waals surface area contributed by atoms with Crippen LogP contribution in [0.4, 0.5) is 13.2 Å². The Morgan fingerprint density at radius 2 is 1.62 bits per heavy atom. The second-order valence-corrected chi connectivity index (χ2v) is 9.34. The molecule has 2 aromatic rings. The third kappa shape index (κ3) is 6.15. The van der Waals surface area contributed by atoms with Gasteiger partial charge in [0.05, 0.1) is 23.2 Å². The summed E-state index contributed by atoms with van der Waals surface area (Å²) < 4.78 is 64.5. The number of carbonyl (C=O) groups excluding carboxylic acids is 1. The van der Waals surface area contributed by atoms with E-state index in [1.54, 1.807) is 24.3 Å². The van der Waals surface area contributed by atoms with E-state index in [-0.39, 0.29) is 24.5 Å². The van der Waals surface area contributed by atoms with Gasteiger partial charge in [-0.2, -0.15) is 22.6 Å². The summed E-state index contributed by atoms with van der Waals surface area (Å²) in [7, 11) is -3.58. The SMILES string of the molecule is Cc1ccc(S(=O)(=O)N2CCN(CC(=O)NN=Cc3ccc(C(F)(F)F)cc3)CC2)cc1. The third-order valence-corrected chi connectivity index (χ3v) is 6.91. The molecule has 0 bridgehead atoms. The van der Waals surface area contributed by atoms with E-state index in [0.29, 0.717) is 18.7 Å². The maximum Gasteiger partial charge on any atom is 0.416 e. The lowest BCUT2D eigenvalue weighted by Gasteiger charge is -2.33. The van der Waals surface area contributed by atoms with Crippen molar-refractivity contribution in [2.45, 2.75) is 18.0 Å². The number of aryl methyl sites for hydroxylation is 1. The Hall–Kier alpha value is -2.76. The van der Waals surface area contributed by atoms with Crippen LogP contribution >= 0.6 is 0 Å². The van der Waals surface area contributed by atoms with Gasteiger partial charge in [0.25, 0.3) is 5.91 Å². The van der Waals surface area contributed by atoms with Crippen molar-refractivity contribution in [3.63, 3.8) is 0 Å². The number of hydrogen-bond donors (Lipinski definition) is 1. The number of carbonyl (C=O) groups is 1. The van der Waals surface area contributed by atoms with Gasteiger partial charge in [-0.3, -0.25) is 9.69 Å². The number of hydrazone groups is 1. The van der Waals surface area contributed by atoms with Crippen molar-refractivity contribution < 1.29 is 26.4 Å². The Kier molecular flexibility index (Phi) is 7.32. The highest BCUT2D eigenvalue weighted by Crippen LogP contribution is 2.28. The number of piperazine rings is 1. The van der Waals surface area contributed by atoms with Crippen LogP contribution in [0.15, 0.2) is 58.5 Å². The van der Waals surface area contributed by atoms with Gasteiger partial charge in [0.2, 0.25) is 10.0 Å². The first-order valence-corrected chi connectivity index (χ1v) is 11.3. The minimum Gasteiger partial charge on any atom is -0.292 e. The second-order valence-electron chi connectivity index (χ2n) is 7.41. The van der Waals surface area contributed by atoms with Crippen molar-refractivity contribution in [2.75, 3.05) is 32.7 Å². The first-order chi connectivity index (χ1) is 15.1. The van der Waals surface area contributed by atoms with E-state index >= 15 is 0 Å². The van der Waals surface area contributed by atoms with Crippen LogP contribution in [0.1, 0.15) is 16.7 Å². The monoisotopic (exact) mass is 468 g/mol. The van der Waals surface area contributed by atoms with E-state index in [1.165, 1.54) is 22.7 Å². The van der Waals surface area contributed by atoms with Crippen LogP contribution in [0.25, 0.3) is 0 Å². The fraction of sp³-hybridized carbons (Fsp3) is 0.333. The van der Waals surface area contributed by atoms with Crippen LogP contribution in [0.2, 0.25) is 0 Å². The molecule has 1 aliphatic rings. The molecule has 0 atom stereocenters. The highest BCUT2D eigenvalue weighted by Gasteiger charge is 2.30. The summed E-state index contributed by atoms with van der Waals surface area (Å²) in [5.74, 6) is -0.400. The number of nitrogens with zero attached hydrogens (tertiary/aromatic N) is 3. The van der Waals surface area contributed by atoms with Crippen molar-refractivity contribution >= 4 is 22.1 Å². The normalized spacial score (nSPS) is 16.4. The van der Waals surface area contributed by atoms with Gasteiger partial charge in [-0.25, -0.2) is 13.8 Å². The van der Waals surface area contributed by atoms with E-state index < -0.39 is 27.7 Å². The van der Waals surface area contributed by atoms with Crippen LogP contribution in [0, 0.1) is 6.92 Å². The van der Waals surface area contributed by atoms with Crippen LogP contribution in [-0.2, 0) is 21.0 Å². The number of sulfonamides is 1. The van der Waals surface area contributed by atoms with Gasteiger partial charge in [0.1, 0.15) is 0 Å². The molecule has 172 valence electrons. The number of benzene rings is 2. The van der Waals surface area contributed by atoms with Gasteiger partial charge in [0, 0.05) is 26.2 Å². The van der Waals surface area contributed by atoms with Crippen molar-refractivity contribution in [3.8, 4) is 0 Å². The average Bonchev–Trinajstić information content (AvgIpc) is 2.74. The molecule has 1 saturated heterocycles. The number of nitrogens with one attached hydrogen (secondary N) is 1. The zero-order valence-electron chi connectivity index (χ0n) is 17.3. The molecule has 1 amide bonds. The molecular weight excluding hydrogens is 445 g/mol.